The van der Waals surface area contributed by atoms with E-state index in [-0.39, 0.29) is 0 Å². The molecule has 0 aromatic heterocycles. The van der Waals surface area contributed by atoms with Crippen molar-refractivity contribution in [1.29, 1.82) is 0 Å². The van der Waals surface area contributed by atoms with Crippen LogP contribution in [0, 0.1) is 0 Å². The molecule has 0 spiro atoms. The van der Waals surface area contributed by atoms with Gasteiger partial charge >= 0.3 is 5.97 Å². The van der Waals surface area contributed by atoms with E-state index in [4.69, 9.17) is 5.11 Å². The Morgan fingerprint density at radius 2 is 2.00 bits per heavy atom. The van der Waals surface area contributed by atoms with Crippen molar-refractivity contribution < 1.29 is 18.3 Å². The molecule has 18 heavy (non-hydrogen) atoms. The fourth-order valence-corrected chi connectivity index (χ4v) is 4.19. The van der Waals surface area contributed by atoms with Gasteiger partial charge in [0, 0.05) is 19.6 Å². The summed E-state index contributed by atoms with van der Waals surface area (Å²) in [6.07, 6.45) is 6.33. The Kier molecular flexibility index (Phi) is 4.04. The van der Waals surface area contributed by atoms with Gasteiger partial charge < -0.3 is 5.11 Å². The van der Waals surface area contributed by atoms with E-state index in [0.717, 1.165) is 17.1 Å². The molecule has 1 saturated heterocycles. The lowest BCUT2D eigenvalue weighted by Gasteiger charge is -2.36. The van der Waals surface area contributed by atoms with Crippen molar-refractivity contribution in [3.63, 3.8) is 0 Å². The summed E-state index contributed by atoms with van der Waals surface area (Å²) in [5.74, 6) is -1.05. The van der Waals surface area contributed by atoms with Crippen molar-refractivity contribution in [1.82, 2.24) is 8.61 Å². The predicted molar refractivity (Wildman–Crippen MR) is 66.2 cm³/mol. The summed E-state index contributed by atoms with van der Waals surface area (Å²) in [6.45, 7) is 1.08. The standard InChI is InChI=1S/C11H18N2O4S/c14-11(15)10-6-2-5-9-13(10)18(16,17)12-7-3-1-4-8-12/h1,3,10H,2,4-9H2,(H,14,15). The van der Waals surface area contributed by atoms with E-state index in [1.807, 2.05) is 6.08 Å². The molecule has 0 saturated carbocycles. The molecule has 1 N–H and O–H groups in total. The van der Waals surface area contributed by atoms with Crippen LogP contribution in [0.4, 0.5) is 0 Å². The van der Waals surface area contributed by atoms with Crippen LogP contribution in [0.3, 0.4) is 0 Å². The van der Waals surface area contributed by atoms with Crippen molar-refractivity contribution in [2.75, 3.05) is 19.6 Å². The van der Waals surface area contributed by atoms with Gasteiger partial charge in [-0.1, -0.05) is 12.2 Å². The van der Waals surface area contributed by atoms with Crippen molar-refractivity contribution in [3.8, 4) is 0 Å². The third kappa shape index (κ3) is 2.57. The minimum absolute atomic E-state index is 0.305. The molecule has 2 aliphatic heterocycles. The fourth-order valence-electron chi connectivity index (χ4n) is 2.41. The summed E-state index contributed by atoms with van der Waals surface area (Å²) in [4.78, 5) is 11.2. The molecular formula is C11H18N2O4S. The molecule has 6 nitrogen and oxygen atoms in total. The zero-order chi connectivity index (χ0) is 13.2. The lowest BCUT2D eigenvalue weighted by atomic mass is 10.1. The predicted octanol–water partition coefficient (Wildman–Crippen LogP) is 0.432. The third-order valence-electron chi connectivity index (χ3n) is 3.38. The van der Waals surface area contributed by atoms with Crippen molar-refractivity contribution in [2.24, 2.45) is 0 Å². The summed E-state index contributed by atoms with van der Waals surface area (Å²) < 4.78 is 27.3. The van der Waals surface area contributed by atoms with Crippen LogP contribution >= 0.6 is 0 Å². The van der Waals surface area contributed by atoms with Crippen LogP contribution in [-0.2, 0) is 15.0 Å². The average molecular weight is 274 g/mol. The fraction of sp³-hybridized carbons (Fsp3) is 0.727. The first-order valence-corrected chi connectivity index (χ1v) is 7.58. The number of nitrogens with zero attached hydrogens (tertiary/aromatic N) is 2. The largest absolute Gasteiger partial charge is 0.480 e. The maximum absolute atomic E-state index is 12.4. The molecule has 0 amide bonds. The van der Waals surface area contributed by atoms with E-state index < -0.39 is 22.2 Å². The summed E-state index contributed by atoms with van der Waals surface area (Å²) in [7, 11) is -3.64. The van der Waals surface area contributed by atoms with E-state index in [2.05, 4.69) is 0 Å². The van der Waals surface area contributed by atoms with Crippen LogP contribution in [0.15, 0.2) is 12.2 Å². The molecule has 1 unspecified atom stereocenters. The van der Waals surface area contributed by atoms with Gasteiger partial charge in [0.1, 0.15) is 6.04 Å². The molecule has 2 aliphatic rings. The van der Waals surface area contributed by atoms with E-state index in [9.17, 15) is 13.2 Å². The first-order chi connectivity index (χ1) is 8.53. The van der Waals surface area contributed by atoms with E-state index in [1.165, 1.54) is 4.31 Å². The van der Waals surface area contributed by atoms with Gasteiger partial charge in [0.15, 0.2) is 0 Å². The molecule has 0 radical (unpaired) electrons. The van der Waals surface area contributed by atoms with Crippen LogP contribution in [0.5, 0.6) is 0 Å². The zero-order valence-electron chi connectivity index (χ0n) is 10.2. The number of hydrogen-bond acceptors (Lipinski definition) is 3. The second-order valence-electron chi connectivity index (χ2n) is 4.59. The van der Waals surface area contributed by atoms with E-state index >= 15 is 0 Å². The van der Waals surface area contributed by atoms with E-state index in [0.29, 0.717) is 32.5 Å². The lowest BCUT2D eigenvalue weighted by Crippen LogP contribution is -2.53. The quantitative estimate of drug-likeness (QED) is 0.757. The Hall–Kier alpha value is -0.920. The summed E-state index contributed by atoms with van der Waals surface area (Å²) in [5, 5.41) is 9.13. The Balaban J connectivity index is 2.21. The first-order valence-electron chi connectivity index (χ1n) is 6.18. The number of aliphatic carboxylic acids is 1. The molecule has 0 aromatic carbocycles. The highest BCUT2D eigenvalue weighted by molar-refractivity contribution is 7.86. The minimum atomic E-state index is -3.64. The molecule has 0 bridgehead atoms. The lowest BCUT2D eigenvalue weighted by molar-refractivity contribution is -0.142. The smallest absolute Gasteiger partial charge is 0.322 e. The zero-order valence-corrected chi connectivity index (χ0v) is 11.0. The highest BCUT2D eigenvalue weighted by Crippen LogP contribution is 2.23. The van der Waals surface area contributed by atoms with Crippen LogP contribution in [0.25, 0.3) is 0 Å². The highest BCUT2D eigenvalue weighted by atomic mass is 32.2. The van der Waals surface area contributed by atoms with Crippen LogP contribution in [0.1, 0.15) is 25.7 Å². The van der Waals surface area contributed by atoms with Crippen LogP contribution in [0.2, 0.25) is 0 Å². The average Bonchev–Trinajstić information content (AvgIpc) is 2.39. The molecule has 1 atom stereocenters. The number of hydrogen-bond donors (Lipinski definition) is 1. The first kappa shape index (κ1) is 13.5. The number of carbonyl (C=O) groups is 1. The van der Waals surface area contributed by atoms with Crippen molar-refractivity contribution >= 4 is 16.2 Å². The van der Waals surface area contributed by atoms with E-state index in [1.54, 1.807) is 6.08 Å². The van der Waals surface area contributed by atoms with Gasteiger partial charge in [-0.3, -0.25) is 4.79 Å². The van der Waals surface area contributed by atoms with Gasteiger partial charge in [0.05, 0.1) is 0 Å². The Morgan fingerprint density at radius 3 is 2.61 bits per heavy atom. The molecule has 0 aliphatic carbocycles. The summed E-state index contributed by atoms with van der Waals surface area (Å²) >= 11 is 0. The second-order valence-corrected chi connectivity index (χ2v) is 6.47. The third-order valence-corrected chi connectivity index (χ3v) is 5.40. The van der Waals surface area contributed by atoms with Crippen molar-refractivity contribution in [3.05, 3.63) is 12.2 Å². The maximum atomic E-state index is 12.4. The van der Waals surface area contributed by atoms with Gasteiger partial charge in [-0.05, 0) is 25.7 Å². The number of carboxylic acid groups (broad SMARTS) is 1. The Labute approximate surface area is 107 Å². The Morgan fingerprint density at radius 1 is 1.22 bits per heavy atom. The monoisotopic (exact) mass is 274 g/mol. The minimum Gasteiger partial charge on any atom is -0.480 e. The molecular weight excluding hydrogens is 256 g/mol. The molecule has 1 fully saturated rings. The normalized spacial score (nSPS) is 27.2. The van der Waals surface area contributed by atoms with Gasteiger partial charge in [-0.2, -0.15) is 17.0 Å². The van der Waals surface area contributed by atoms with Gasteiger partial charge in [0.25, 0.3) is 10.2 Å². The molecule has 7 heteroatoms. The van der Waals surface area contributed by atoms with Gasteiger partial charge in [-0.15, -0.1) is 0 Å². The summed E-state index contributed by atoms with van der Waals surface area (Å²) in [5.41, 5.74) is 0. The number of rotatable bonds is 3. The van der Waals surface area contributed by atoms with Gasteiger partial charge in [0.2, 0.25) is 0 Å². The van der Waals surface area contributed by atoms with Crippen LogP contribution < -0.4 is 0 Å². The molecule has 102 valence electrons. The number of piperidine rings is 1. The highest BCUT2D eigenvalue weighted by Gasteiger charge is 2.39. The molecule has 0 aromatic rings. The second kappa shape index (κ2) is 5.38. The topological polar surface area (TPSA) is 77.9 Å². The van der Waals surface area contributed by atoms with Crippen LogP contribution in [-0.4, -0.2) is 53.8 Å². The van der Waals surface area contributed by atoms with Crippen molar-refractivity contribution in [2.45, 2.75) is 31.7 Å². The molecule has 2 heterocycles. The number of carboxylic acids is 1. The maximum Gasteiger partial charge on any atom is 0.322 e. The Bertz CT molecular complexity index is 446. The SMILES string of the molecule is O=C(O)C1CCCCN1S(=O)(=O)N1CC=CCC1. The van der Waals surface area contributed by atoms with Gasteiger partial charge in [-0.25, -0.2) is 0 Å². The molecule has 2 rings (SSSR count). The summed E-state index contributed by atoms with van der Waals surface area (Å²) in [6, 6.07) is -0.908.